The van der Waals surface area contributed by atoms with Crippen LogP contribution in [0.2, 0.25) is 0 Å². The van der Waals surface area contributed by atoms with Gasteiger partial charge in [0.15, 0.2) is 0 Å². The Bertz CT molecular complexity index is 352. The highest BCUT2D eigenvalue weighted by atomic mass is 16.6. The molecule has 1 atom stereocenters. The Morgan fingerprint density at radius 1 is 1.64 bits per heavy atom. The highest BCUT2D eigenvalue weighted by molar-refractivity contribution is 5.48. The van der Waals surface area contributed by atoms with E-state index in [9.17, 15) is 10.1 Å². The van der Waals surface area contributed by atoms with Gasteiger partial charge in [-0.25, -0.2) is 0 Å². The second kappa shape index (κ2) is 4.17. The van der Waals surface area contributed by atoms with Crippen LogP contribution < -0.4 is 5.73 Å². The second-order valence-electron chi connectivity index (χ2n) is 3.06. The number of hydrogen-bond acceptors (Lipinski definition) is 4. The molecule has 0 fully saturated rings. The molecule has 5 nitrogen and oxygen atoms in total. The lowest BCUT2D eigenvalue weighted by Gasteiger charge is -2.09. The van der Waals surface area contributed by atoms with Crippen LogP contribution in [0.5, 0.6) is 0 Å². The van der Waals surface area contributed by atoms with Crippen LogP contribution in [0, 0.1) is 17.0 Å². The molecule has 0 bridgehead atoms. The maximum atomic E-state index is 10.7. The summed E-state index contributed by atoms with van der Waals surface area (Å²) in [7, 11) is 0. The molecule has 76 valence electrons. The van der Waals surface area contributed by atoms with Crippen molar-refractivity contribution in [2.45, 2.75) is 13.0 Å². The summed E-state index contributed by atoms with van der Waals surface area (Å²) in [6.45, 7) is 1.34. The van der Waals surface area contributed by atoms with Crippen molar-refractivity contribution >= 4 is 5.69 Å². The maximum absolute atomic E-state index is 10.7. The maximum Gasteiger partial charge on any atom is 0.277 e. The largest absolute Gasteiger partial charge is 0.394 e. The van der Waals surface area contributed by atoms with Crippen LogP contribution in [0.4, 0.5) is 5.69 Å². The van der Waals surface area contributed by atoms with Gasteiger partial charge < -0.3 is 10.8 Å². The van der Waals surface area contributed by atoms with Crippen LogP contribution in [0.3, 0.4) is 0 Å². The highest BCUT2D eigenvalue weighted by Gasteiger charge is 2.20. The first-order valence-electron chi connectivity index (χ1n) is 4.18. The minimum Gasteiger partial charge on any atom is -0.394 e. The van der Waals surface area contributed by atoms with Crippen molar-refractivity contribution in [1.29, 1.82) is 0 Å². The van der Waals surface area contributed by atoms with E-state index in [-0.39, 0.29) is 12.3 Å². The van der Waals surface area contributed by atoms with E-state index in [2.05, 4.69) is 0 Å². The van der Waals surface area contributed by atoms with E-state index in [4.69, 9.17) is 10.8 Å². The fourth-order valence-corrected chi connectivity index (χ4v) is 1.33. The van der Waals surface area contributed by atoms with Gasteiger partial charge in [0.1, 0.15) is 0 Å². The summed E-state index contributed by atoms with van der Waals surface area (Å²) in [6.07, 6.45) is 0. The van der Waals surface area contributed by atoms with Crippen molar-refractivity contribution in [2.24, 2.45) is 5.73 Å². The lowest BCUT2D eigenvalue weighted by molar-refractivity contribution is -0.386. The molecule has 0 saturated carbocycles. The molecule has 1 aromatic rings. The Kier molecular flexibility index (Phi) is 3.16. The summed E-state index contributed by atoms with van der Waals surface area (Å²) in [5.74, 6) is 0. The molecule has 1 aromatic carbocycles. The Morgan fingerprint density at radius 3 is 2.79 bits per heavy atom. The normalized spacial score (nSPS) is 12.5. The van der Waals surface area contributed by atoms with Gasteiger partial charge in [-0.15, -0.1) is 0 Å². The zero-order chi connectivity index (χ0) is 10.7. The van der Waals surface area contributed by atoms with Crippen molar-refractivity contribution in [2.75, 3.05) is 6.61 Å². The number of nitro benzene ring substituents is 1. The number of benzene rings is 1. The summed E-state index contributed by atoms with van der Waals surface area (Å²) < 4.78 is 0. The van der Waals surface area contributed by atoms with Crippen LogP contribution in [0.1, 0.15) is 17.2 Å². The molecule has 0 unspecified atom stereocenters. The third-order valence-electron chi connectivity index (χ3n) is 2.05. The minimum absolute atomic E-state index is 0.00551. The van der Waals surface area contributed by atoms with E-state index in [1.165, 1.54) is 0 Å². The number of nitro groups is 1. The fraction of sp³-hybridized carbons (Fsp3) is 0.333. The first-order valence-corrected chi connectivity index (χ1v) is 4.18. The summed E-state index contributed by atoms with van der Waals surface area (Å²) >= 11 is 0. The van der Waals surface area contributed by atoms with E-state index in [1.54, 1.807) is 25.1 Å². The molecule has 0 radical (unpaired) electrons. The molecule has 0 spiro atoms. The first-order chi connectivity index (χ1) is 6.57. The molecule has 5 heteroatoms. The molecule has 0 aliphatic heterocycles. The van der Waals surface area contributed by atoms with Gasteiger partial charge in [-0.2, -0.15) is 0 Å². The van der Waals surface area contributed by atoms with Gasteiger partial charge in [-0.3, -0.25) is 10.1 Å². The number of para-hydroxylation sites is 1. The topological polar surface area (TPSA) is 89.4 Å². The van der Waals surface area contributed by atoms with Crippen LogP contribution in [-0.2, 0) is 0 Å². The predicted molar refractivity (Wildman–Crippen MR) is 51.8 cm³/mol. The number of nitrogens with zero attached hydrogens (tertiary/aromatic N) is 1. The third kappa shape index (κ3) is 1.89. The monoisotopic (exact) mass is 196 g/mol. The molecule has 3 N–H and O–H groups in total. The molecule has 0 aromatic heterocycles. The molecule has 0 aliphatic rings. The van der Waals surface area contributed by atoms with Gasteiger partial charge >= 0.3 is 0 Å². The van der Waals surface area contributed by atoms with E-state index >= 15 is 0 Å². The van der Waals surface area contributed by atoms with Crippen LogP contribution in [0.15, 0.2) is 18.2 Å². The van der Waals surface area contributed by atoms with Gasteiger partial charge in [0.05, 0.1) is 17.6 Å². The molecule has 0 heterocycles. The second-order valence-corrected chi connectivity index (χ2v) is 3.06. The summed E-state index contributed by atoms with van der Waals surface area (Å²) in [6, 6.07) is 4.19. The number of rotatable bonds is 3. The van der Waals surface area contributed by atoms with E-state index in [0.717, 1.165) is 0 Å². The lowest BCUT2D eigenvalue weighted by atomic mass is 10.0. The first kappa shape index (κ1) is 10.6. The van der Waals surface area contributed by atoms with Crippen molar-refractivity contribution in [1.82, 2.24) is 0 Å². The quantitative estimate of drug-likeness (QED) is 0.555. The smallest absolute Gasteiger partial charge is 0.277 e. The highest BCUT2D eigenvalue weighted by Crippen LogP contribution is 2.26. The lowest BCUT2D eigenvalue weighted by Crippen LogP contribution is -2.16. The Morgan fingerprint density at radius 2 is 2.29 bits per heavy atom. The Hall–Kier alpha value is -1.46. The number of aryl methyl sites for hydroxylation is 1. The Balaban J connectivity index is 3.28. The summed E-state index contributed by atoms with van der Waals surface area (Å²) in [4.78, 5) is 10.3. The van der Waals surface area contributed by atoms with Crippen LogP contribution in [0.25, 0.3) is 0 Å². The Labute approximate surface area is 81.3 Å². The van der Waals surface area contributed by atoms with Gasteiger partial charge in [0, 0.05) is 11.1 Å². The van der Waals surface area contributed by atoms with Crippen molar-refractivity contribution < 1.29 is 10.0 Å². The summed E-state index contributed by atoms with van der Waals surface area (Å²) in [5, 5.41) is 19.6. The van der Waals surface area contributed by atoms with E-state index in [0.29, 0.717) is 11.1 Å². The van der Waals surface area contributed by atoms with Gasteiger partial charge in [-0.1, -0.05) is 18.2 Å². The van der Waals surface area contributed by atoms with Gasteiger partial charge in [-0.05, 0) is 6.92 Å². The predicted octanol–water partition coefficient (Wildman–Crippen LogP) is 0.895. The molecular weight excluding hydrogens is 184 g/mol. The molecule has 0 saturated heterocycles. The minimum atomic E-state index is -0.699. The SMILES string of the molecule is Cc1cccc([C@H](N)CO)c1[N+](=O)[O-]. The van der Waals surface area contributed by atoms with Crippen LogP contribution in [-0.4, -0.2) is 16.6 Å². The molecule has 14 heavy (non-hydrogen) atoms. The van der Waals surface area contributed by atoms with E-state index < -0.39 is 11.0 Å². The standard InChI is InChI=1S/C9H12N2O3/c1-6-3-2-4-7(8(10)5-12)9(6)11(13)14/h2-4,8,12H,5,10H2,1H3/t8-/m1/s1. The van der Waals surface area contributed by atoms with Gasteiger partial charge in [0.25, 0.3) is 5.69 Å². The van der Waals surface area contributed by atoms with E-state index in [1.807, 2.05) is 0 Å². The van der Waals surface area contributed by atoms with Gasteiger partial charge in [0.2, 0.25) is 0 Å². The molecule has 1 rings (SSSR count). The molecule has 0 aliphatic carbocycles. The molecule has 0 amide bonds. The molecular formula is C9H12N2O3. The fourth-order valence-electron chi connectivity index (χ4n) is 1.33. The zero-order valence-electron chi connectivity index (χ0n) is 7.80. The number of hydrogen-bond donors (Lipinski definition) is 2. The average Bonchev–Trinajstić information content (AvgIpc) is 2.15. The van der Waals surface area contributed by atoms with Crippen LogP contribution >= 0.6 is 0 Å². The van der Waals surface area contributed by atoms with Crippen molar-refractivity contribution in [3.63, 3.8) is 0 Å². The number of aliphatic hydroxyl groups is 1. The number of nitrogens with two attached hydrogens (primary N) is 1. The van der Waals surface area contributed by atoms with Crippen molar-refractivity contribution in [3.05, 3.63) is 39.4 Å². The average molecular weight is 196 g/mol. The van der Waals surface area contributed by atoms with Crippen molar-refractivity contribution in [3.8, 4) is 0 Å². The summed E-state index contributed by atoms with van der Waals surface area (Å²) in [5.41, 5.74) is 6.47. The number of aliphatic hydroxyl groups excluding tert-OH is 1. The zero-order valence-corrected chi connectivity index (χ0v) is 7.80. The third-order valence-corrected chi connectivity index (χ3v) is 2.05.